The minimum atomic E-state index is 0.827. The molecule has 0 saturated heterocycles. The van der Waals surface area contributed by atoms with Crippen LogP contribution in [0.5, 0.6) is 5.75 Å². The summed E-state index contributed by atoms with van der Waals surface area (Å²) in [4.78, 5) is 0. The van der Waals surface area contributed by atoms with E-state index in [4.69, 9.17) is 4.74 Å². The molecule has 0 aromatic heterocycles. The third kappa shape index (κ3) is 7.88. The van der Waals surface area contributed by atoms with Crippen molar-refractivity contribution in [2.45, 2.75) is 51.9 Å². The first-order chi connectivity index (χ1) is 9.24. The fourth-order valence-corrected chi connectivity index (χ4v) is 2.57. The van der Waals surface area contributed by atoms with Crippen molar-refractivity contribution in [3.05, 3.63) is 28.2 Å². The lowest BCUT2D eigenvalue weighted by Gasteiger charge is -2.09. The lowest BCUT2D eigenvalue weighted by molar-refractivity contribution is 0.302. The summed E-state index contributed by atoms with van der Waals surface area (Å²) in [5.41, 5.74) is 1.20. The average molecular weight is 345 g/mol. The van der Waals surface area contributed by atoms with E-state index in [2.05, 4.69) is 41.5 Å². The van der Waals surface area contributed by atoms with E-state index in [1.54, 1.807) is 0 Å². The highest BCUT2D eigenvalue weighted by Gasteiger charge is 2.00. The molecule has 0 saturated carbocycles. The smallest absolute Gasteiger partial charge is 0.123 e. The van der Waals surface area contributed by atoms with Crippen molar-refractivity contribution >= 4 is 28.6 Å². The SMILES string of the molecule is Cc1ccc(Br)cc1OCCCCCCCCCS. The van der Waals surface area contributed by atoms with Crippen LogP contribution in [0.15, 0.2) is 22.7 Å². The molecule has 108 valence electrons. The Hall–Kier alpha value is -0.150. The van der Waals surface area contributed by atoms with Crippen LogP contribution in [0.25, 0.3) is 0 Å². The summed E-state index contributed by atoms with van der Waals surface area (Å²) >= 11 is 7.70. The van der Waals surface area contributed by atoms with E-state index in [9.17, 15) is 0 Å². The highest BCUT2D eigenvalue weighted by Crippen LogP contribution is 2.23. The van der Waals surface area contributed by atoms with Gasteiger partial charge in [-0.25, -0.2) is 0 Å². The summed E-state index contributed by atoms with van der Waals surface area (Å²) < 4.78 is 6.90. The number of aryl methyl sites for hydroxylation is 1. The maximum atomic E-state index is 5.82. The zero-order valence-corrected chi connectivity index (χ0v) is 14.3. The van der Waals surface area contributed by atoms with Crippen LogP contribution in [0.1, 0.15) is 50.5 Å². The Morgan fingerprint density at radius 3 is 2.32 bits per heavy atom. The number of unbranched alkanes of at least 4 members (excludes halogenated alkanes) is 6. The standard InChI is InChI=1S/C16H25BrOS/c1-14-9-10-15(17)13-16(14)18-11-7-5-3-2-4-6-8-12-19/h9-10,13,19H,2-8,11-12H2,1H3. The summed E-state index contributed by atoms with van der Waals surface area (Å²) in [6.45, 7) is 2.91. The molecule has 0 radical (unpaired) electrons. The zero-order valence-electron chi connectivity index (χ0n) is 11.8. The summed E-state index contributed by atoms with van der Waals surface area (Å²) in [5.74, 6) is 2.03. The maximum Gasteiger partial charge on any atom is 0.123 e. The molecule has 1 aromatic carbocycles. The van der Waals surface area contributed by atoms with Crippen LogP contribution in [0.4, 0.5) is 0 Å². The Bertz CT molecular complexity index is 355. The van der Waals surface area contributed by atoms with Gasteiger partial charge in [0.1, 0.15) is 5.75 Å². The van der Waals surface area contributed by atoms with Crippen LogP contribution in [-0.2, 0) is 0 Å². The van der Waals surface area contributed by atoms with E-state index in [1.165, 1.54) is 44.1 Å². The largest absolute Gasteiger partial charge is 0.493 e. The second-order valence-corrected chi connectivity index (χ2v) is 6.32. The monoisotopic (exact) mass is 344 g/mol. The number of hydrogen-bond donors (Lipinski definition) is 1. The molecule has 0 bridgehead atoms. The minimum Gasteiger partial charge on any atom is -0.493 e. The van der Waals surface area contributed by atoms with Crippen molar-refractivity contribution in [2.75, 3.05) is 12.4 Å². The van der Waals surface area contributed by atoms with Gasteiger partial charge in [0.15, 0.2) is 0 Å². The van der Waals surface area contributed by atoms with E-state index < -0.39 is 0 Å². The maximum absolute atomic E-state index is 5.82. The van der Waals surface area contributed by atoms with E-state index in [-0.39, 0.29) is 0 Å². The van der Waals surface area contributed by atoms with Crippen molar-refractivity contribution in [3.63, 3.8) is 0 Å². The Morgan fingerprint density at radius 1 is 1.00 bits per heavy atom. The van der Waals surface area contributed by atoms with Gasteiger partial charge in [0.2, 0.25) is 0 Å². The van der Waals surface area contributed by atoms with E-state index >= 15 is 0 Å². The first kappa shape index (κ1) is 16.9. The molecule has 0 fully saturated rings. The highest BCUT2D eigenvalue weighted by atomic mass is 79.9. The minimum absolute atomic E-state index is 0.827. The first-order valence-corrected chi connectivity index (χ1v) is 8.66. The molecule has 0 N–H and O–H groups in total. The summed E-state index contributed by atoms with van der Waals surface area (Å²) in [6, 6.07) is 6.18. The molecule has 0 spiro atoms. The summed E-state index contributed by atoms with van der Waals surface area (Å²) in [6.07, 6.45) is 9.04. The van der Waals surface area contributed by atoms with E-state index in [0.717, 1.165) is 29.0 Å². The number of hydrogen-bond acceptors (Lipinski definition) is 2. The first-order valence-electron chi connectivity index (χ1n) is 7.24. The fourth-order valence-electron chi connectivity index (χ4n) is 2.01. The third-order valence-electron chi connectivity index (χ3n) is 3.21. The summed E-state index contributed by atoms with van der Waals surface area (Å²) in [5, 5.41) is 0. The quantitative estimate of drug-likeness (QED) is 0.417. The number of rotatable bonds is 10. The molecular formula is C16H25BrOS. The van der Waals surface area contributed by atoms with Gasteiger partial charge < -0.3 is 4.74 Å². The molecular weight excluding hydrogens is 320 g/mol. The topological polar surface area (TPSA) is 9.23 Å². The van der Waals surface area contributed by atoms with Crippen LogP contribution in [0, 0.1) is 6.92 Å². The molecule has 0 aliphatic rings. The Kier molecular flexibility index (Phi) is 9.44. The lowest BCUT2D eigenvalue weighted by atomic mass is 10.1. The van der Waals surface area contributed by atoms with Gasteiger partial charge in [-0.3, -0.25) is 0 Å². The van der Waals surface area contributed by atoms with Gasteiger partial charge in [0.05, 0.1) is 6.61 Å². The molecule has 0 amide bonds. The average Bonchev–Trinajstić information content (AvgIpc) is 2.40. The molecule has 1 aromatic rings. The van der Waals surface area contributed by atoms with Gasteiger partial charge in [-0.1, -0.05) is 54.1 Å². The molecule has 0 aliphatic carbocycles. The van der Waals surface area contributed by atoms with Crippen LogP contribution in [0.2, 0.25) is 0 Å². The second kappa shape index (κ2) is 10.6. The van der Waals surface area contributed by atoms with Crippen molar-refractivity contribution in [2.24, 2.45) is 0 Å². The third-order valence-corrected chi connectivity index (χ3v) is 4.02. The molecule has 3 heteroatoms. The van der Waals surface area contributed by atoms with Crippen molar-refractivity contribution in [3.8, 4) is 5.75 Å². The molecule has 0 unspecified atom stereocenters. The Balaban J connectivity index is 2.03. The highest BCUT2D eigenvalue weighted by molar-refractivity contribution is 9.10. The Morgan fingerprint density at radius 2 is 1.63 bits per heavy atom. The predicted octanol–water partition coefficient (Wildman–Crippen LogP) is 5.80. The van der Waals surface area contributed by atoms with Gasteiger partial charge in [-0.2, -0.15) is 12.6 Å². The molecule has 1 nitrogen and oxygen atoms in total. The molecule has 0 aliphatic heterocycles. The number of halogens is 1. The molecule has 0 atom stereocenters. The Labute approximate surface area is 131 Å². The number of thiol groups is 1. The lowest BCUT2D eigenvalue weighted by Crippen LogP contribution is -1.98. The van der Waals surface area contributed by atoms with Crippen LogP contribution < -0.4 is 4.74 Å². The van der Waals surface area contributed by atoms with Crippen LogP contribution in [-0.4, -0.2) is 12.4 Å². The predicted molar refractivity (Wildman–Crippen MR) is 90.5 cm³/mol. The van der Waals surface area contributed by atoms with Gasteiger partial charge in [0, 0.05) is 4.47 Å². The fraction of sp³-hybridized carbons (Fsp3) is 0.625. The molecule has 19 heavy (non-hydrogen) atoms. The second-order valence-electron chi connectivity index (χ2n) is 4.96. The molecule has 0 heterocycles. The van der Waals surface area contributed by atoms with E-state index in [1.807, 2.05) is 12.1 Å². The zero-order chi connectivity index (χ0) is 13.9. The van der Waals surface area contributed by atoms with Crippen molar-refractivity contribution < 1.29 is 4.74 Å². The van der Waals surface area contributed by atoms with Gasteiger partial charge in [0.25, 0.3) is 0 Å². The number of benzene rings is 1. The summed E-state index contributed by atoms with van der Waals surface area (Å²) in [7, 11) is 0. The van der Waals surface area contributed by atoms with Gasteiger partial charge in [-0.15, -0.1) is 0 Å². The molecule has 1 rings (SSSR count). The number of ether oxygens (including phenoxy) is 1. The van der Waals surface area contributed by atoms with Gasteiger partial charge >= 0.3 is 0 Å². The van der Waals surface area contributed by atoms with Crippen LogP contribution >= 0.6 is 28.6 Å². The van der Waals surface area contributed by atoms with Crippen LogP contribution in [0.3, 0.4) is 0 Å². The van der Waals surface area contributed by atoms with E-state index in [0.29, 0.717) is 0 Å². The van der Waals surface area contributed by atoms with Crippen molar-refractivity contribution in [1.82, 2.24) is 0 Å². The normalized spacial score (nSPS) is 10.7. The van der Waals surface area contributed by atoms with Crippen molar-refractivity contribution in [1.29, 1.82) is 0 Å². The van der Waals surface area contributed by atoms with Gasteiger partial charge in [-0.05, 0) is 43.2 Å².